The highest BCUT2D eigenvalue weighted by Gasteiger charge is 2.40. The van der Waals surface area contributed by atoms with Gasteiger partial charge in [0.2, 0.25) is 0 Å². The van der Waals surface area contributed by atoms with Crippen LogP contribution in [0.15, 0.2) is 12.2 Å². The molecule has 0 bridgehead atoms. The quantitative estimate of drug-likeness (QED) is 0.414. The lowest BCUT2D eigenvalue weighted by molar-refractivity contribution is 0.0384. The molecule has 0 heterocycles. The van der Waals surface area contributed by atoms with E-state index in [0.717, 1.165) is 6.42 Å². The summed E-state index contributed by atoms with van der Waals surface area (Å²) in [7, 11) is 0. The Kier molecular flexibility index (Phi) is 6.96. The maximum atomic E-state index is 9.92. The minimum Gasteiger partial charge on any atom is -0.394 e. The summed E-state index contributed by atoms with van der Waals surface area (Å²) in [5.74, 6) is -0.579. The number of rotatable bonds is 7. The van der Waals surface area contributed by atoms with Crippen LogP contribution in [0.5, 0.6) is 0 Å². The minimum absolute atomic E-state index is 0.244. The molecule has 0 spiro atoms. The summed E-state index contributed by atoms with van der Waals surface area (Å²) in [6.07, 6.45) is 2.63. The first-order chi connectivity index (χ1) is 8.99. The van der Waals surface area contributed by atoms with Crippen molar-refractivity contribution >= 4 is 0 Å². The molecule has 5 nitrogen and oxygen atoms in total. The lowest BCUT2D eigenvalue weighted by Crippen LogP contribution is -2.27. The maximum absolute atomic E-state index is 9.92. The molecule has 6 atom stereocenters. The molecule has 5 heteroatoms. The average molecular weight is 274 g/mol. The largest absolute Gasteiger partial charge is 0.394 e. The van der Waals surface area contributed by atoms with Gasteiger partial charge < -0.3 is 25.5 Å². The smallest absolute Gasteiger partial charge is 0.0774 e. The fraction of sp³-hybridized carbons (Fsp3) is 0.857. The topological polar surface area (TPSA) is 101 Å². The normalized spacial score (nSPS) is 34.8. The van der Waals surface area contributed by atoms with Crippen molar-refractivity contribution in [3.05, 3.63) is 12.2 Å². The fourth-order valence-corrected chi connectivity index (χ4v) is 2.74. The van der Waals surface area contributed by atoms with Gasteiger partial charge in [-0.2, -0.15) is 0 Å². The number of aliphatic hydroxyl groups is 5. The lowest BCUT2D eigenvalue weighted by Gasteiger charge is -2.23. The molecular weight excluding hydrogens is 248 g/mol. The van der Waals surface area contributed by atoms with E-state index in [4.69, 9.17) is 5.11 Å². The third-order valence-electron chi connectivity index (χ3n) is 3.81. The van der Waals surface area contributed by atoms with Crippen LogP contribution in [0.25, 0.3) is 0 Å². The lowest BCUT2D eigenvalue weighted by atomic mass is 9.88. The zero-order valence-corrected chi connectivity index (χ0v) is 11.4. The molecule has 0 amide bonds. The van der Waals surface area contributed by atoms with Gasteiger partial charge >= 0.3 is 0 Å². The van der Waals surface area contributed by atoms with Crippen LogP contribution in [0, 0.1) is 11.8 Å². The first-order valence-corrected chi connectivity index (χ1v) is 7.01. The van der Waals surface area contributed by atoms with Gasteiger partial charge in [-0.25, -0.2) is 0 Å². The average Bonchev–Trinajstić information content (AvgIpc) is 2.62. The molecule has 1 fully saturated rings. The maximum Gasteiger partial charge on any atom is 0.0774 e. The summed E-state index contributed by atoms with van der Waals surface area (Å²) in [6.45, 7) is 1.62. The molecule has 1 unspecified atom stereocenters. The number of hydrogen-bond donors (Lipinski definition) is 5. The number of hydrogen-bond acceptors (Lipinski definition) is 5. The molecule has 0 radical (unpaired) electrons. The monoisotopic (exact) mass is 274 g/mol. The summed E-state index contributed by atoms with van der Waals surface area (Å²) in [5, 5.41) is 47.8. The second-order valence-corrected chi connectivity index (χ2v) is 5.42. The van der Waals surface area contributed by atoms with E-state index >= 15 is 0 Å². The Morgan fingerprint density at radius 2 is 1.89 bits per heavy atom. The van der Waals surface area contributed by atoms with Gasteiger partial charge in [0.1, 0.15) is 0 Å². The Morgan fingerprint density at radius 1 is 1.21 bits per heavy atom. The van der Waals surface area contributed by atoms with Crippen LogP contribution in [0.4, 0.5) is 0 Å². The minimum atomic E-state index is -0.888. The second kappa shape index (κ2) is 7.97. The van der Waals surface area contributed by atoms with Gasteiger partial charge in [-0.1, -0.05) is 25.5 Å². The molecule has 0 aromatic rings. The Balaban J connectivity index is 2.65. The van der Waals surface area contributed by atoms with Crippen molar-refractivity contribution in [3.8, 4) is 0 Å². The Bertz CT molecular complexity index is 281. The van der Waals surface area contributed by atoms with Crippen LogP contribution in [0.2, 0.25) is 0 Å². The van der Waals surface area contributed by atoms with Crippen molar-refractivity contribution in [2.45, 2.75) is 57.0 Å². The summed E-state index contributed by atoms with van der Waals surface area (Å²) >= 11 is 0. The molecule has 1 aliphatic carbocycles. The van der Waals surface area contributed by atoms with E-state index < -0.39 is 24.4 Å². The van der Waals surface area contributed by atoms with Crippen molar-refractivity contribution in [1.82, 2.24) is 0 Å². The third-order valence-corrected chi connectivity index (χ3v) is 3.81. The van der Waals surface area contributed by atoms with Gasteiger partial charge in [0, 0.05) is 12.3 Å². The summed E-state index contributed by atoms with van der Waals surface area (Å²) in [4.78, 5) is 0. The zero-order valence-electron chi connectivity index (χ0n) is 11.4. The van der Waals surface area contributed by atoms with Gasteiger partial charge in [-0.05, 0) is 18.8 Å². The third kappa shape index (κ3) is 4.85. The van der Waals surface area contributed by atoms with Crippen LogP contribution in [-0.2, 0) is 0 Å². The van der Waals surface area contributed by atoms with Crippen molar-refractivity contribution in [1.29, 1.82) is 0 Å². The van der Waals surface area contributed by atoms with Crippen molar-refractivity contribution in [3.63, 3.8) is 0 Å². The van der Waals surface area contributed by atoms with Crippen molar-refractivity contribution in [2.75, 3.05) is 6.61 Å². The Labute approximate surface area is 114 Å². The van der Waals surface area contributed by atoms with Gasteiger partial charge in [0.15, 0.2) is 0 Å². The first-order valence-electron chi connectivity index (χ1n) is 7.01. The highest BCUT2D eigenvalue weighted by molar-refractivity contribution is 5.04. The van der Waals surface area contributed by atoms with E-state index in [9.17, 15) is 20.4 Å². The molecule has 0 aliphatic heterocycles. The van der Waals surface area contributed by atoms with E-state index in [1.54, 1.807) is 12.2 Å². The molecule has 112 valence electrons. The highest BCUT2D eigenvalue weighted by atomic mass is 16.3. The van der Waals surface area contributed by atoms with Crippen molar-refractivity contribution < 1.29 is 25.5 Å². The van der Waals surface area contributed by atoms with E-state index in [0.29, 0.717) is 6.42 Å². The van der Waals surface area contributed by atoms with Gasteiger partial charge in [-0.15, -0.1) is 0 Å². The molecule has 1 aliphatic rings. The molecule has 1 rings (SSSR count). The fourth-order valence-electron chi connectivity index (χ4n) is 2.74. The zero-order chi connectivity index (χ0) is 14.4. The van der Waals surface area contributed by atoms with E-state index in [-0.39, 0.29) is 31.3 Å². The summed E-state index contributed by atoms with van der Waals surface area (Å²) < 4.78 is 0. The highest BCUT2D eigenvalue weighted by Crippen LogP contribution is 2.36. The van der Waals surface area contributed by atoms with Crippen LogP contribution in [-0.4, -0.2) is 56.6 Å². The molecule has 0 saturated heterocycles. The molecule has 1 saturated carbocycles. The van der Waals surface area contributed by atoms with Crippen LogP contribution >= 0.6 is 0 Å². The predicted octanol–water partition coefficient (Wildman–Crippen LogP) is -0.195. The van der Waals surface area contributed by atoms with Crippen LogP contribution in [0.1, 0.15) is 32.6 Å². The molecule has 5 N–H and O–H groups in total. The second-order valence-electron chi connectivity index (χ2n) is 5.42. The molecule has 19 heavy (non-hydrogen) atoms. The van der Waals surface area contributed by atoms with Gasteiger partial charge in [0.05, 0.1) is 31.0 Å². The molecule has 0 aromatic heterocycles. The van der Waals surface area contributed by atoms with Gasteiger partial charge in [0.25, 0.3) is 0 Å². The number of aliphatic hydroxyl groups excluding tert-OH is 5. The van der Waals surface area contributed by atoms with Gasteiger partial charge in [-0.3, -0.25) is 0 Å². The Morgan fingerprint density at radius 3 is 2.47 bits per heavy atom. The summed E-state index contributed by atoms with van der Waals surface area (Å²) in [5.41, 5.74) is 0. The standard InChI is InChI=1S/C14H26O5/c1-2-3-9(16)4-5-11-12(6-10(17)8-15)14(19)7-13(11)18/h4-5,9-19H,2-3,6-8H2,1H3/b5-4+/t9-,10?,11+,12+,13+,14-/m0/s1. The SMILES string of the molecule is CCC[C@H](O)/C=C/[C@@H]1[C@@H](CC(O)CO)[C@@H](O)C[C@H]1O. The first kappa shape index (κ1) is 16.6. The van der Waals surface area contributed by atoms with E-state index in [2.05, 4.69) is 0 Å². The van der Waals surface area contributed by atoms with E-state index in [1.807, 2.05) is 6.92 Å². The van der Waals surface area contributed by atoms with Crippen LogP contribution < -0.4 is 0 Å². The molecule has 0 aromatic carbocycles. The predicted molar refractivity (Wildman–Crippen MR) is 71.4 cm³/mol. The summed E-state index contributed by atoms with van der Waals surface area (Å²) in [6, 6.07) is 0. The van der Waals surface area contributed by atoms with Crippen LogP contribution in [0.3, 0.4) is 0 Å². The molecular formula is C14H26O5. The van der Waals surface area contributed by atoms with E-state index in [1.165, 1.54) is 0 Å². The Hall–Kier alpha value is -0.460. The van der Waals surface area contributed by atoms with Crippen molar-refractivity contribution in [2.24, 2.45) is 11.8 Å².